The van der Waals surface area contributed by atoms with E-state index in [9.17, 15) is 13.2 Å². The molecule has 2 aromatic rings. The SMILES string of the molecule is O=C(N/N=C\c1ccc(Cl)cc1Cl)c1cccc(S(=O)(=O)N2CCOCC2)c1. The van der Waals surface area contributed by atoms with Crippen molar-refractivity contribution < 1.29 is 17.9 Å². The van der Waals surface area contributed by atoms with Gasteiger partial charge in [-0.05, 0) is 30.3 Å². The predicted octanol–water partition coefficient (Wildman–Crippen LogP) is 2.78. The van der Waals surface area contributed by atoms with E-state index in [1.54, 1.807) is 18.2 Å². The van der Waals surface area contributed by atoms with Gasteiger partial charge in [-0.3, -0.25) is 4.79 Å². The van der Waals surface area contributed by atoms with Gasteiger partial charge in [0.05, 0.1) is 29.3 Å². The molecule has 1 N–H and O–H groups in total. The van der Waals surface area contributed by atoms with Gasteiger partial charge in [-0.15, -0.1) is 0 Å². The van der Waals surface area contributed by atoms with Crippen molar-refractivity contribution >= 4 is 45.3 Å². The summed E-state index contributed by atoms with van der Waals surface area (Å²) < 4.78 is 31.9. The van der Waals surface area contributed by atoms with E-state index in [1.807, 2.05) is 0 Å². The molecule has 1 aliphatic rings. The van der Waals surface area contributed by atoms with E-state index in [0.717, 1.165) is 0 Å². The fraction of sp³-hybridized carbons (Fsp3) is 0.222. The van der Waals surface area contributed by atoms with Gasteiger partial charge in [0.1, 0.15) is 0 Å². The van der Waals surface area contributed by atoms with Gasteiger partial charge in [0.2, 0.25) is 10.0 Å². The second-order valence-electron chi connectivity index (χ2n) is 5.91. The second-order valence-corrected chi connectivity index (χ2v) is 8.69. The Kier molecular flexibility index (Phi) is 6.69. The minimum atomic E-state index is -3.69. The molecular weight excluding hydrogens is 425 g/mol. The van der Waals surface area contributed by atoms with Gasteiger partial charge in [-0.2, -0.15) is 9.41 Å². The van der Waals surface area contributed by atoms with Crippen LogP contribution in [0.1, 0.15) is 15.9 Å². The molecule has 1 amide bonds. The van der Waals surface area contributed by atoms with Crippen molar-refractivity contribution in [1.82, 2.24) is 9.73 Å². The number of halogens is 2. The Balaban J connectivity index is 1.72. The molecule has 1 fully saturated rings. The number of hydrogen-bond acceptors (Lipinski definition) is 5. The van der Waals surface area contributed by atoms with E-state index in [-0.39, 0.29) is 23.5 Å². The molecule has 0 bridgehead atoms. The fourth-order valence-corrected chi connectivity index (χ4v) is 4.48. The number of nitrogens with one attached hydrogen (secondary N) is 1. The molecule has 28 heavy (non-hydrogen) atoms. The van der Waals surface area contributed by atoms with Gasteiger partial charge in [0.15, 0.2) is 0 Å². The van der Waals surface area contributed by atoms with E-state index in [4.69, 9.17) is 27.9 Å². The first-order valence-corrected chi connectivity index (χ1v) is 10.5. The number of ether oxygens (including phenoxy) is 1. The topological polar surface area (TPSA) is 88.1 Å². The zero-order valence-corrected chi connectivity index (χ0v) is 17.0. The molecular formula is C18H17Cl2N3O4S. The Morgan fingerprint density at radius 1 is 1.14 bits per heavy atom. The second kappa shape index (κ2) is 9.02. The number of carbonyl (C=O) groups is 1. The molecule has 0 aromatic heterocycles. The minimum Gasteiger partial charge on any atom is -0.379 e. The zero-order valence-electron chi connectivity index (χ0n) is 14.6. The van der Waals surface area contributed by atoms with Gasteiger partial charge in [0, 0.05) is 29.2 Å². The van der Waals surface area contributed by atoms with Crippen molar-refractivity contribution in [2.45, 2.75) is 4.90 Å². The first-order valence-electron chi connectivity index (χ1n) is 8.34. The van der Waals surface area contributed by atoms with Crippen LogP contribution in [0.25, 0.3) is 0 Å². The van der Waals surface area contributed by atoms with Crippen molar-refractivity contribution in [1.29, 1.82) is 0 Å². The van der Waals surface area contributed by atoms with Crippen molar-refractivity contribution in [3.8, 4) is 0 Å². The predicted molar refractivity (Wildman–Crippen MR) is 108 cm³/mol. The summed E-state index contributed by atoms with van der Waals surface area (Å²) >= 11 is 11.9. The maximum Gasteiger partial charge on any atom is 0.271 e. The van der Waals surface area contributed by atoms with E-state index >= 15 is 0 Å². The number of nitrogens with zero attached hydrogens (tertiary/aromatic N) is 2. The maximum atomic E-state index is 12.7. The lowest BCUT2D eigenvalue weighted by Crippen LogP contribution is -2.40. The molecule has 3 rings (SSSR count). The largest absolute Gasteiger partial charge is 0.379 e. The van der Waals surface area contributed by atoms with Crippen LogP contribution < -0.4 is 5.43 Å². The molecule has 0 unspecified atom stereocenters. The van der Waals surface area contributed by atoms with Crippen molar-refractivity contribution in [3.05, 3.63) is 63.6 Å². The van der Waals surface area contributed by atoms with E-state index in [1.165, 1.54) is 34.8 Å². The summed E-state index contributed by atoms with van der Waals surface area (Å²) in [6.45, 7) is 1.26. The monoisotopic (exact) mass is 441 g/mol. The third kappa shape index (κ3) is 4.89. The molecule has 1 aliphatic heterocycles. The lowest BCUT2D eigenvalue weighted by molar-refractivity contribution is 0.0730. The molecule has 0 spiro atoms. The summed E-state index contributed by atoms with van der Waals surface area (Å²) in [5, 5.41) is 4.74. The first-order chi connectivity index (χ1) is 13.4. The summed E-state index contributed by atoms with van der Waals surface area (Å²) in [7, 11) is -3.69. The number of carbonyl (C=O) groups excluding carboxylic acids is 1. The molecule has 1 heterocycles. The Morgan fingerprint density at radius 2 is 1.89 bits per heavy atom. The summed E-state index contributed by atoms with van der Waals surface area (Å²) in [6.07, 6.45) is 1.38. The molecule has 1 saturated heterocycles. The van der Waals surface area contributed by atoms with Crippen LogP contribution in [0, 0.1) is 0 Å². The van der Waals surface area contributed by atoms with E-state index in [0.29, 0.717) is 28.8 Å². The number of hydrogen-bond donors (Lipinski definition) is 1. The smallest absolute Gasteiger partial charge is 0.271 e. The molecule has 0 aliphatic carbocycles. The molecule has 10 heteroatoms. The average Bonchev–Trinajstić information content (AvgIpc) is 2.70. The molecule has 0 atom stereocenters. The number of amides is 1. The first kappa shape index (κ1) is 20.8. The zero-order chi connectivity index (χ0) is 20.1. The Bertz CT molecular complexity index is 1010. The minimum absolute atomic E-state index is 0.0479. The van der Waals surface area contributed by atoms with Crippen LogP contribution in [0.15, 0.2) is 52.5 Å². The van der Waals surface area contributed by atoms with Crippen LogP contribution in [-0.4, -0.2) is 51.1 Å². The van der Waals surface area contributed by atoms with Crippen LogP contribution >= 0.6 is 23.2 Å². The van der Waals surface area contributed by atoms with Crippen LogP contribution in [0.4, 0.5) is 0 Å². The Morgan fingerprint density at radius 3 is 2.61 bits per heavy atom. The molecule has 148 valence electrons. The van der Waals surface area contributed by atoms with Crippen LogP contribution in [0.3, 0.4) is 0 Å². The third-order valence-electron chi connectivity index (χ3n) is 4.04. The molecule has 2 aromatic carbocycles. The lowest BCUT2D eigenvalue weighted by atomic mass is 10.2. The van der Waals surface area contributed by atoms with Gasteiger partial charge in [0.25, 0.3) is 5.91 Å². The van der Waals surface area contributed by atoms with Crippen LogP contribution in [0.5, 0.6) is 0 Å². The highest BCUT2D eigenvalue weighted by molar-refractivity contribution is 7.89. The van der Waals surface area contributed by atoms with Gasteiger partial charge in [-0.25, -0.2) is 13.8 Å². The van der Waals surface area contributed by atoms with Gasteiger partial charge >= 0.3 is 0 Å². The molecule has 0 radical (unpaired) electrons. The lowest BCUT2D eigenvalue weighted by Gasteiger charge is -2.26. The van der Waals surface area contributed by atoms with Crippen molar-refractivity contribution in [3.63, 3.8) is 0 Å². The maximum absolute atomic E-state index is 12.7. The summed E-state index contributed by atoms with van der Waals surface area (Å²) in [5.74, 6) is -0.541. The summed E-state index contributed by atoms with van der Waals surface area (Å²) in [4.78, 5) is 12.4. The summed E-state index contributed by atoms with van der Waals surface area (Å²) in [6, 6.07) is 10.7. The average molecular weight is 442 g/mol. The van der Waals surface area contributed by atoms with Crippen molar-refractivity contribution in [2.75, 3.05) is 26.3 Å². The number of rotatable bonds is 5. The van der Waals surface area contributed by atoms with Crippen LogP contribution in [-0.2, 0) is 14.8 Å². The van der Waals surface area contributed by atoms with Gasteiger partial charge < -0.3 is 4.74 Å². The van der Waals surface area contributed by atoms with E-state index in [2.05, 4.69) is 10.5 Å². The Labute approximate surface area is 172 Å². The number of hydrazone groups is 1. The third-order valence-corrected chi connectivity index (χ3v) is 6.49. The highest BCUT2D eigenvalue weighted by Crippen LogP contribution is 2.20. The highest BCUT2D eigenvalue weighted by atomic mass is 35.5. The van der Waals surface area contributed by atoms with Gasteiger partial charge in [-0.1, -0.05) is 35.3 Å². The van der Waals surface area contributed by atoms with Crippen LogP contribution in [0.2, 0.25) is 10.0 Å². The normalized spacial score (nSPS) is 15.6. The Hall–Kier alpha value is -1.97. The number of morpholine rings is 1. The summed E-state index contributed by atoms with van der Waals surface area (Å²) in [5.41, 5.74) is 3.11. The number of sulfonamides is 1. The number of benzene rings is 2. The molecule has 7 nitrogen and oxygen atoms in total. The van der Waals surface area contributed by atoms with E-state index < -0.39 is 15.9 Å². The highest BCUT2D eigenvalue weighted by Gasteiger charge is 2.26. The standard InChI is InChI=1S/C18H17Cl2N3O4S/c19-15-5-4-14(17(20)11-15)12-21-22-18(24)13-2-1-3-16(10-13)28(25,26)23-6-8-27-9-7-23/h1-5,10-12H,6-9H2,(H,22,24)/b21-12-. The molecule has 0 saturated carbocycles. The quantitative estimate of drug-likeness (QED) is 0.570. The fourth-order valence-electron chi connectivity index (χ4n) is 2.57. The van der Waals surface area contributed by atoms with Crippen molar-refractivity contribution in [2.24, 2.45) is 5.10 Å².